The SMILES string of the molecule is FC1(Cc2ccccc2Cl)C=CC(SC2C=CC(F)(Cc3ccccc3Cl)C=C2)C=C1. The van der Waals surface area contributed by atoms with Gasteiger partial charge in [0, 0.05) is 33.4 Å². The topological polar surface area (TPSA) is 0 Å². The Labute approximate surface area is 196 Å². The fraction of sp³-hybridized carbons (Fsp3) is 0.231. The van der Waals surface area contributed by atoms with Crippen LogP contribution in [0.2, 0.25) is 10.0 Å². The summed E-state index contributed by atoms with van der Waals surface area (Å²) in [5.41, 5.74) is -1.54. The molecule has 0 radical (unpaired) electrons. The first-order chi connectivity index (χ1) is 14.8. The van der Waals surface area contributed by atoms with Crippen molar-refractivity contribution in [3.05, 3.63) is 118 Å². The van der Waals surface area contributed by atoms with Crippen LogP contribution in [0.25, 0.3) is 0 Å². The number of allylic oxidation sites excluding steroid dienone is 4. The minimum absolute atomic E-state index is 0.0186. The molecular formula is C26H22Cl2F2S. The molecule has 160 valence electrons. The summed E-state index contributed by atoms with van der Waals surface area (Å²) in [6.45, 7) is 0. The van der Waals surface area contributed by atoms with E-state index in [1.54, 1.807) is 48.2 Å². The second kappa shape index (κ2) is 9.36. The first kappa shape index (κ1) is 22.4. The molecule has 2 aliphatic rings. The Balaban J connectivity index is 1.34. The van der Waals surface area contributed by atoms with Crippen molar-refractivity contribution in [2.75, 3.05) is 0 Å². The molecular weight excluding hydrogens is 453 g/mol. The van der Waals surface area contributed by atoms with E-state index in [9.17, 15) is 0 Å². The molecule has 0 N–H and O–H groups in total. The Kier molecular flexibility index (Phi) is 6.76. The lowest BCUT2D eigenvalue weighted by molar-refractivity contribution is 0.294. The van der Waals surface area contributed by atoms with E-state index in [0.717, 1.165) is 11.1 Å². The summed E-state index contributed by atoms with van der Waals surface area (Å²) in [5.74, 6) is 0. The summed E-state index contributed by atoms with van der Waals surface area (Å²) in [4.78, 5) is 0. The zero-order valence-electron chi connectivity index (χ0n) is 16.7. The van der Waals surface area contributed by atoms with Gasteiger partial charge in [0.2, 0.25) is 0 Å². The van der Waals surface area contributed by atoms with Crippen LogP contribution in [0.15, 0.2) is 97.1 Å². The maximum atomic E-state index is 15.2. The molecule has 0 saturated carbocycles. The molecule has 0 nitrogen and oxygen atoms in total. The normalized spacial score (nSPS) is 29.4. The van der Waals surface area contributed by atoms with Gasteiger partial charge in [0.1, 0.15) is 0 Å². The quantitative estimate of drug-likeness (QED) is 0.383. The first-order valence-electron chi connectivity index (χ1n) is 10.1. The third-order valence-electron chi connectivity index (χ3n) is 5.40. The molecule has 0 fully saturated rings. The Morgan fingerprint density at radius 3 is 1.35 bits per heavy atom. The largest absolute Gasteiger partial charge is 0.234 e. The third kappa shape index (κ3) is 5.71. The molecule has 31 heavy (non-hydrogen) atoms. The summed E-state index contributed by atoms with van der Waals surface area (Å²) < 4.78 is 30.4. The fourth-order valence-electron chi connectivity index (χ4n) is 3.72. The highest BCUT2D eigenvalue weighted by Crippen LogP contribution is 2.35. The zero-order valence-corrected chi connectivity index (χ0v) is 19.1. The van der Waals surface area contributed by atoms with E-state index in [1.807, 2.05) is 60.7 Å². The molecule has 2 aromatic rings. The molecule has 0 bridgehead atoms. The number of hydrogen-bond acceptors (Lipinski definition) is 1. The van der Waals surface area contributed by atoms with Crippen LogP contribution in [0.3, 0.4) is 0 Å². The van der Waals surface area contributed by atoms with Crippen LogP contribution in [-0.2, 0) is 12.8 Å². The number of thioether (sulfide) groups is 1. The number of halogens is 4. The van der Waals surface area contributed by atoms with Crippen LogP contribution < -0.4 is 0 Å². The van der Waals surface area contributed by atoms with Crippen LogP contribution in [0.1, 0.15) is 11.1 Å². The van der Waals surface area contributed by atoms with Gasteiger partial charge < -0.3 is 0 Å². The Bertz CT molecular complexity index is 945. The van der Waals surface area contributed by atoms with Crippen LogP contribution in [0.5, 0.6) is 0 Å². The predicted octanol–water partition coefficient (Wildman–Crippen LogP) is 7.92. The van der Waals surface area contributed by atoms with E-state index in [4.69, 9.17) is 23.2 Å². The molecule has 0 aliphatic heterocycles. The monoisotopic (exact) mass is 474 g/mol. The molecule has 0 saturated heterocycles. The molecule has 2 aromatic carbocycles. The summed E-state index contributed by atoms with van der Waals surface area (Å²) in [5, 5.41) is 1.18. The van der Waals surface area contributed by atoms with Crippen molar-refractivity contribution in [2.45, 2.75) is 34.7 Å². The van der Waals surface area contributed by atoms with Crippen molar-refractivity contribution in [3.8, 4) is 0 Å². The Morgan fingerprint density at radius 1 is 0.645 bits per heavy atom. The number of rotatable bonds is 6. The highest BCUT2D eigenvalue weighted by atomic mass is 35.5. The van der Waals surface area contributed by atoms with E-state index < -0.39 is 11.3 Å². The Morgan fingerprint density at radius 2 is 1.00 bits per heavy atom. The van der Waals surface area contributed by atoms with Gasteiger partial charge in [0.15, 0.2) is 11.3 Å². The van der Waals surface area contributed by atoms with Crippen LogP contribution >= 0.6 is 35.0 Å². The van der Waals surface area contributed by atoms with Crippen molar-refractivity contribution >= 4 is 35.0 Å². The lowest BCUT2D eigenvalue weighted by Crippen LogP contribution is -2.26. The molecule has 0 unspecified atom stereocenters. The molecule has 0 spiro atoms. The van der Waals surface area contributed by atoms with E-state index >= 15 is 8.78 Å². The van der Waals surface area contributed by atoms with Gasteiger partial charge in [-0.2, -0.15) is 0 Å². The van der Waals surface area contributed by atoms with E-state index in [1.165, 1.54) is 0 Å². The number of alkyl halides is 2. The van der Waals surface area contributed by atoms with Gasteiger partial charge in [-0.1, -0.05) is 83.9 Å². The van der Waals surface area contributed by atoms with E-state index in [0.29, 0.717) is 10.0 Å². The van der Waals surface area contributed by atoms with Crippen molar-refractivity contribution in [1.82, 2.24) is 0 Å². The lowest BCUT2D eigenvalue weighted by Gasteiger charge is -2.27. The van der Waals surface area contributed by atoms with E-state index in [-0.39, 0.29) is 23.3 Å². The second-order valence-corrected chi connectivity index (χ2v) is 10.1. The molecule has 0 atom stereocenters. The summed E-state index contributed by atoms with van der Waals surface area (Å²) >= 11 is 14.0. The fourth-order valence-corrected chi connectivity index (χ4v) is 5.17. The minimum Gasteiger partial charge on any atom is -0.234 e. The van der Waals surface area contributed by atoms with Crippen LogP contribution in [-0.4, -0.2) is 21.8 Å². The summed E-state index contributed by atoms with van der Waals surface area (Å²) in [6, 6.07) is 14.6. The molecule has 0 aromatic heterocycles. The zero-order chi connectivity index (χ0) is 21.9. The van der Waals surface area contributed by atoms with Gasteiger partial charge in [0.25, 0.3) is 0 Å². The van der Waals surface area contributed by atoms with Crippen LogP contribution in [0, 0.1) is 0 Å². The highest BCUT2D eigenvalue weighted by molar-refractivity contribution is 8.01. The smallest absolute Gasteiger partial charge is 0.151 e. The maximum absolute atomic E-state index is 15.2. The van der Waals surface area contributed by atoms with Gasteiger partial charge >= 0.3 is 0 Å². The van der Waals surface area contributed by atoms with Gasteiger partial charge in [0.05, 0.1) is 0 Å². The second-order valence-electron chi connectivity index (χ2n) is 7.89. The van der Waals surface area contributed by atoms with Gasteiger partial charge in [-0.25, -0.2) is 8.78 Å². The molecule has 0 amide bonds. The molecule has 2 aliphatic carbocycles. The van der Waals surface area contributed by atoms with Crippen molar-refractivity contribution in [1.29, 1.82) is 0 Å². The molecule has 4 rings (SSSR count). The number of benzene rings is 2. The Hall–Kier alpha value is -1.81. The van der Waals surface area contributed by atoms with Crippen molar-refractivity contribution in [3.63, 3.8) is 0 Å². The van der Waals surface area contributed by atoms with E-state index in [2.05, 4.69) is 0 Å². The predicted molar refractivity (Wildman–Crippen MR) is 130 cm³/mol. The molecule has 5 heteroatoms. The van der Waals surface area contributed by atoms with Gasteiger partial charge in [-0.3, -0.25) is 0 Å². The summed E-state index contributed by atoms with van der Waals surface area (Å²) in [6.07, 6.45) is 14.3. The van der Waals surface area contributed by atoms with Gasteiger partial charge in [-0.05, 0) is 47.6 Å². The highest BCUT2D eigenvalue weighted by Gasteiger charge is 2.30. The standard InChI is InChI=1S/C26H22Cl2F2S/c27-23-7-3-1-5-19(23)17-25(29)13-9-21(10-14-25)31-22-11-15-26(30,16-12-22)18-20-6-2-4-8-24(20)28/h1-16,21-22H,17-18H2. The van der Waals surface area contributed by atoms with Crippen LogP contribution in [0.4, 0.5) is 8.78 Å². The number of hydrogen-bond donors (Lipinski definition) is 0. The third-order valence-corrected chi connectivity index (χ3v) is 7.40. The van der Waals surface area contributed by atoms with Gasteiger partial charge in [-0.15, -0.1) is 11.8 Å². The maximum Gasteiger partial charge on any atom is 0.151 e. The first-order valence-corrected chi connectivity index (χ1v) is 11.8. The summed E-state index contributed by atoms with van der Waals surface area (Å²) in [7, 11) is 0. The average molecular weight is 475 g/mol. The van der Waals surface area contributed by atoms with Crippen molar-refractivity contribution < 1.29 is 8.78 Å². The lowest BCUT2D eigenvalue weighted by atomic mass is 9.92. The minimum atomic E-state index is -1.55. The average Bonchev–Trinajstić information content (AvgIpc) is 2.75. The van der Waals surface area contributed by atoms with Crippen molar-refractivity contribution in [2.24, 2.45) is 0 Å². The molecule has 0 heterocycles.